The van der Waals surface area contributed by atoms with Gasteiger partial charge in [-0.1, -0.05) is 109 Å². The second kappa shape index (κ2) is 26.5. The topological polar surface area (TPSA) is 244 Å². The van der Waals surface area contributed by atoms with Gasteiger partial charge in [-0.15, -0.1) is 55.6 Å². The van der Waals surface area contributed by atoms with E-state index in [-0.39, 0.29) is 34.7 Å². The van der Waals surface area contributed by atoms with Gasteiger partial charge in [-0.2, -0.15) is 5.11 Å². The van der Waals surface area contributed by atoms with Crippen molar-refractivity contribution in [3.63, 3.8) is 0 Å². The zero-order chi connectivity index (χ0) is 63.2. The van der Waals surface area contributed by atoms with E-state index in [1.165, 1.54) is 22.7 Å². The van der Waals surface area contributed by atoms with Crippen LogP contribution < -0.4 is 20.5 Å². The van der Waals surface area contributed by atoms with E-state index in [0.29, 0.717) is 73.7 Å². The highest BCUT2D eigenvalue weighted by atomic mass is 32.1. The van der Waals surface area contributed by atoms with Gasteiger partial charge in [0.25, 0.3) is 5.91 Å². The highest BCUT2D eigenvalue weighted by molar-refractivity contribution is 7.22. The fourth-order valence-corrected chi connectivity index (χ4v) is 14.2. The Balaban J connectivity index is 0.000000161. The van der Waals surface area contributed by atoms with Crippen LogP contribution in [0, 0.1) is 5.53 Å². The number of nitrogens with one attached hydrogen (secondary N) is 2. The zero-order valence-corrected chi connectivity index (χ0v) is 52.3. The normalized spacial score (nSPS) is 11.2. The third kappa shape index (κ3) is 12.5. The summed E-state index contributed by atoms with van der Waals surface area (Å²) in [6, 6.07) is 68.7. The standard InChI is InChI=1S/C41H31N5O4S2.C24H14N4OS2.C7H7NO/c1-3-49-33-23-32(34(50-4-2)22-31(33)42-39(48)24-12-6-5-7-13-24)45-46-37-27-19-18-25(40-43-29-14-8-10-16-35(29)51-40)20-26(27)21-28(38(37)47)41-44-30-15-9-11-17-36(30)52-41;25-28-21-15-10-9-13(23-26-17-5-1-3-7-19(17)30-23)11-14(15)12-16(22(21)29)24-27-18-6-2-4-8-20(18)31-24;8-7(9)6-4-2-1-3-5-6/h5-23,47H,3-4H2,1-2H3,(H,42,48);1-12,25,29H;1-5H,(H2,8,9). The highest BCUT2D eigenvalue weighted by Gasteiger charge is 2.22. The van der Waals surface area contributed by atoms with Crippen molar-refractivity contribution in [2.75, 3.05) is 18.5 Å². The van der Waals surface area contributed by atoms with E-state index in [0.717, 1.165) is 78.2 Å². The summed E-state index contributed by atoms with van der Waals surface area (Å²) in [6.07, 6.45) is 0. The first-order valence-electron chi connectivity index (χ1n) is 29.0. The summed E-state index contributed by atoms with van der Waals surface area (Å²) in [7, 11) is 0. The molecule has 6 N–H and O–H groups in total. The van der Waals surface area contributed by atoms with E-state index in [1.54, 1.807) is 83.3 Å². The number of carbonyl (C=O) groups is 2. The molecule has 15 aromatic rings. The fourth-order valence-electron chi connectivity index (χ4n) is 10.3. The van der Waals surface area contributed by atoms with Crippen LogP contribution in [0.1, 0.15) is 34.6 Å². The van der Waals surface area contributed by atoms with E-state index >= 15 is 0 Å². The predicted octanol–water partition coefficient (Wildman–Crippen LogP) is 20.1. The van der Waals surface area contributed by atoms with Gasteiger partial charge in [0.05, 0.1) is 70.9 Å². The third-order valence-electron chi connectivity index (χ3n) is 14.7. The minimum Gasteiger partial charge on any atom is -0.505 e. The molecule has 0 fully saturated rings. The van der Waals surface area contributed by atoms with Crippen LogP contribution >= 0.6 is 45.3 Å². The molecule has 20 heteroatoms. The molecule has 11 aromatic carbocycles. The molecule has 0 saturated heterocycles. The van der Waals surface area contributed by atoms with Crippen molar-refractivity contribution in [1.29, 1.82) is 5.53 Å². The molecule has 15 rings (SSSR count). The number of hydrogen-bond acceptors (Lipinski definition) is 18. The summed E-state index contributed by atoms with van der Waals surface area (Å²) in [6.45, 7) is 4.42. The number of para-hydroxylation sites is 4. The number of nitrogens with two attached hydrogens (primary N) is 1. The molecule has 0 aliphatic rings. The summed E-state index contributed by atoms with van der Waals surface area (Å²) < 4.78 is 16.2. The van der Waals surface area contributed by atoms with Gasteiger partial charge in [0.1, 0.15) is 48.6 Å². The Morgan fingerprint density at radius 2 is 0.891 bits per heavy atom. The number of rotatable bonds is 14. The van der Waals surface area contributed by atoms with Crippen LogP contribution in [0.5, 0.6) is 23.0 Å². The number of ether oxygens (including phenoxy) is 2. The van der Waals surface area contributed by atoms with Gasteiger partial charge in [0, 0.05) is 45.2 Å². The van der Waals surface area contributed by atoms with E-state index < -0.39 is 0 Å². The van der Waals surface area contributed by atoms with Crippen molar-refractivity contribution in [2.45, 2.75) is 13.8 Å². The number of nitrogens with zero attached hydrogens (tertiary/aromatic N) is 7. The Kier molecular flexibility index (Phi) is 17.2. The first-order valence-corrected chi connectivity index (χ1v) is 32.2. The van der Waals surface area contributed by atoms with Gasteiger partial charge in [0.15, 0.2) is 11.5 Å². The Labute approximate surface area is 541 Å². The number of thiazole rings is 4. The van der Waals surface area contributed by atoms with Gasteiger partial charge in [-0.3, -0.25) is 9.59 Å². The van der Waals surface area contributed by atoms with E-state index in [2.05, 4.69) is 43.8 Å². The van der Waals surface area contributed by atoms with Crippen LogP contribution in [0.15, 0.2) is 234 Å². The Morgan fingerprint density at radius 1 is 0.478 bits per heavy atom. The zero-order valence-electron chi connectivity index (χ0n) is 49.1. The molecule has 4 aromatic heterocycles. The molecular formula is C72H52N10O6S4. The lowest BCUT2D eigenvalue weighted by Gasteiger charge is -2.15. The van der Waals surface area contributed by atoms with Crippen LogP contribution in [0.2, 0.25) is 0 Å². The lowest BCUT2D eigenvalue weighted by molar-refractivity contribution is 0.0997. The highest BCUT2D eigenvalue weighted by Crippen LogP contribution is 2.49. The number of aromatic nitrogens is 4. The Hall–Kier alpha value is -11.2. The fraction of sp³-hybridized carbons (Fsp3) is 0.0556. The van der Waals surface area contributed by atoms with E-state index in [4.69, 9.17) is 35.7 Å². The minimum absolute atomic E-state index is 0.0192. The predicted molar refractivity (Wildman–Crippen MR) is 373 cm³/mol. The van der Waals surface area contributed by atoms with E-state index in [9.17, 15) is 19.8 Å². The molecule has 0 unspecified atom stereocenters. The average Bonchev–Trinajstić information content (AvgIpc) is 1.37. The number of phenolic OH excluding ortho intramolecular Hbond substituents is 2. The van der Waals surface area contributed by atoms with Crippen molar-refractivity contribution in [1.82, 2.24) is 19.9 Å². The SMILES string of the molecule is CCOc1cc(NC(=O)c2ccccc2)c(OCC)cc1N=Nc1c(O)c(-c2nc3ccccc3s2)cc2cc(-c3nc4ccccc4s3)ccc12.N=Nc1c(O)c(-c2nc3ccccc3s2)cc2cc(-c3nc4ccccc4s3)ccc12.NC(=O)c1ccccc1. The number of aromatic hydroxyl groups is 2. The summed E-state index contributed by atoms with van der Waals surface area (Å²) >= 11 is 6.28. The number of hydrogen-bond donors (Lipinski definition) is 5. The smallest absolute Gasteiger partial charge is 0.255 e. The molecule has 0 atom stereocenters. The van der Waals surface area contributed by atoms with Crippen LogP contribution in [-0.2, 0) is 0 Å². The number of azo groups is 1. The van der Waals surface area contributed by atoms with Crippen molar-refractivity contribution in [2.24, 2.45) is 21.1 Å². The Morgan fingerprint density at radius 3 is 1.34 bits per heavy atom. The molecule has 4 heterocycles. The molecule has 0 bridgehead atoms. The number of primary amides is 1. The van der Waals surface area contributed by atoms with Crippen molar-refractivity contribution in [3.05, 3.63) is 230 Å². The van der Waals surface area contributed by atoms with Gasteiger partial charge >= 0.3 is 0 Å². The van der Waals surface area contributed by atoms with E-state index in [1.807, 2.05) is 153 Å². The van der Waals surface area contributed by atoms with Gasteiger partial charge in [-0.25, -0.2) is 25.5 Å². The third-order valence-corrected chi connectivity index (χ3v) is 19.0. The minimum atomic E-state index is -0.379. The monoisotopic (exact) mass is 1280 g/mol. The molecule has 0 spiro atoms. The van der Waals surface area contributed by atoms with Crippen LogP contribution in [0.25, 0.3) is 105 Å². The molecule has 2 amide bonds. The number of amides is 2. The first-order chi connectivity index (χ1) is 45.0. The second-order valence-corrected chi connectivity index (χ2v) is 24.7. The van der Waals surface area contributed by atoms with Gasteiger partial charge in [0.2, 0.25) is 5.91 Å². The first kappa shape index (κ1) is 59.8. The lowest BCUT2D eigenvalue weighted by Crippen LogP contribution is -2.13. The quantitative estimate of drug-likeness (QED) is 0.0645. The summed E-state index contributed by atoms with van der Waals surface area (Å²) in [4.78, 5) is 42.7. The number of fused-ring (bicyclic) bond motifs is 6. The summed E-state index contributed by atoms with van der Waals surface area (Å²) in [5.41, 5.74) is 21.8. The van der Waals surface area contributed by atoms with Gasteiger partial charge < -0.3 is 30.7 Å². The molecule has 0 aliphatic heterocycles. The second-order valence-electron chi connectivity index (χ2n) is 20.6. The molecule has 0 aliphatic carbocycles. The lowest BCUT2D eigenvalue weighted by atomic mass is 10.0. The largest absolute Gasteiger partial charge is 0.505 e. The van der Waals surface area contributed by atoms with Gasteiger partial charge in [-0.05, 0) is 122 Å². The number of carbonyl (C=O) groups excluding carboxylic acids is 2. The molecular weight excluding hydrogens is 1230 g/mol. The number of benzene rings is 11. The summed E-state index contributed by atoms with van der Waals surface area (Å²) in [5, 5.41) is 45.0. The molecule has 450 valence electrons. The molecule has 0 saturated carbocycles. The maximum atomic E-state index is 13.1. The Bertz CT molecular complexity index is 5190. The van der Waals surface area contributed by atoms with Crippen molar-refractivity contribution >= 4 is 142 Å². The maximum Gasteiger partial charge on any atom is 0.255 e. The summed E-state index contributed by atoms with van der Waals surface area (Å²) in [5.74, 6) is 0.0681. The maximum absolute atomic E-state index is 13.1. The van der Waals surface area contributed by atoms with Crippen LogP contribution in [0.3, 0.4) is 0 Å². The van der Waals surface area contributed by atoms with Crippen molar-refractivity contribution in [3.8, 4) is 65.3 Å². The van der Waals surface area contributed by atoms with Crippen LogP contribution in [-0.4, -0.2) is 55.2 Å². The molecule has 92 heavy (non-hydrogen) atoms. The molecule has 16 nitrogen and oxygen atoms in total. The number of phenols is 2. The van der Waals surface area contributed by atoms with Crippen molar-refractivity contribution < 1.29 is 29.3 Å². The molecule has 0 radical (unpaired) electrons. The van der Waals surface area contributed by atoms with Crippen LogP contribution in [0.4, 0.5) is 22.7 Å². The average molecular weight is 1280 g/mol. The number of anilines is 1.